The molecule has 1 heterocycles. The highest BCUT2D eigenvalue weighted by Crippen LogP contribution is 2.24. The molecule has 0 aliphatic carbocycles. The van der Waals surface area contributed by atoms with Crippen LogP contribution in [-0.2, 0) is 48.1 Å². The van der Waals surface area contributed by atoms with E-state index < -0.39 is 105 Å². The number of aliphatic hydroxyl groups is 1. The van der Waals surface area contributed by atoms with Gasteiger partial charge in [-0.3, -0.25) is 38.5 Å². The fourth-order valence-corrected chi connectivity index (χ4v) is 10.5. The van der Waals surface area contributed by atoms with Crippen molar-refractivity contribution in [3.05, 3.63) is 12.2 Å². The predicted octanol–water partition coefficient (Wildman–Crippen LogP) is 2.79. The molecule has 1 saturated heterocycles. The maximum atomic E-state index is 14.9. The molecular formula is C51H94N8O11S. The van der Waals surface area contributed by atoms with Crippen LogP contribution in [0.15, 0.2) is 12.2 Å². The van der Waals surface area contributed by atoms with E-state index in [9.17, 15) is 47.1 Å². The first kappa shape index (κ1) is 64.9. The molecule has 0 radical (unpaired) electrons. The van der Waals surface area contributed by atoms with Gasteiger partial charge >= 0.3 is 0 Å². The number of likely N-dealkylation sites (N-methyl/N-ethyl adjacent to an activating group) is 5. The third kappa shape index (κ3) is 20.4. The molecule has 0 aromatic rings. The number of ether oxygens (including phenoxy) is 1. The minimum atomic E-state index is -4.01. The smallest absolute Gasteiger partial charge is 0.246 e. The van der Waals surface area contributed by atoms with Crippen molar-refractivity contribution >= 4 is 51.2 Å². The van der Waals surface area contributed by atoms with E-state index in [4.69, 9.17) is 10.5 Å². The average molecular weight is 1030 g/mol. The van der Waals surface area contributed by atoms with Crippen molar-refractivity contribution in [3.63, 3.8) is 0 Å². The Kier molecular flexibility index (Phi) is 28.1. The second-order valence-electron chi connectivity index (χ2n) is 21.2. The van der Waals surface area contributed by atoms with Crippen LogP contribution in [0.5, 0.6) is 0 Å². The van der Waals surface area contributed by atoms with Gasteiger partial charge in [-0.2, -0.15) is 0 Å². The molecule has 8 atom stereocenters. The number of hydrogen-bond donors (Lipinski definition) is 3. The van der Waals surface area contributed by atoms with Gasteiger partial charge in [-0.05, 0) is 81.6 Å². The molecule has 1 aliphatic heterocycles. The number of nitrogens with one attached hydrogen (secondary N) is 1. The van der Waals surface area contributed by atoms with Crippen LogP contribution in [-0.4, -0.2) is 206 Å². The SMILES string of the molecule is C/C=C/C[C@@H](C)[C@@H](O)[C@@H](C(=O)N[C@@H](CC)C(=O)N(C)[C@H](CS(=O)(=O)CCCN1CCOCC1)C(=O)N(C)[C@@H](CC(C)C)C(N)=O)N(C)C(=O)[C@H](C(C)C)N(C)C(=O)[C@H](CC(C)C)N(C)C(=O)CCC(C)C. The van der Waals surface area contributed by atoms with Crippen LogP contribution in [0.4, 0.5) is 0 Å². The molecule has 7 amide bonds. The standard InChI is InChI=1S/C51H94N8O11S/c1-17-19-21-37(11)45(61)44(58(16)51(67)43(36(9)10)57(15)49(65)40(31-35(7)8)54(12)42(60)23-22-33(3)4)47(63)53-38(18-2)48(64)56(14)41(50(66)55(13)39(46(52)62)30-34(5)6)32-71(68,69)29-20-24-59-25-27-70-28-26-59/h17,19,33-41,43-45,61H,18,20-32H2,1-16H3,(H2,52,62)(H,53,63)/b19-17+/t37-,38+,39+,40+,41-,43+,44+,45-/m1/s1. The molecule has 410 valence electrons. The Morgan fingerprint density at radius 1 is 0.718 bits per heavy atom. The molecule has 1 fully saturated rings. The zero-order valence-electron chi connectivity index (χ0n) is 46.2. The molecule has 19 nitrogen and oxygen atoms in total. The quantitative estimate of drug-likeness (QED) is 0.0850. The number of sulfone groups is 1. The third-order valence-electron chi connectivity index (χ3n) is 13.5. The number of nitrogens with two attached hydrogens (primary N) is 1. The minimum absolute atomic E-state index is 0.0185. The zero-order chi connectivity index (χ0) is 54.7. The van der Waals surface area contributed by atoms with Crippen LogP contribution < -0.4 is 11.1 Å². The number of primary amides is 1. The van der Waals surface area contributed by atoms with E-state index in [0.29, 0.717) is 52.1 Å². The molecule has 0 bridgehead atoms. The third-order valence-corrected chi connectivity index (χ3v) is 15.2. The van der Waals surface area contributed by atoms with Gasteiger partial charge in [0, 0.05) is 54.7 Å². The van der Waals surface area contributed by atoms with Crippen LogP contribution in [0.2, 0.25) is 0 Å². The van der Waals surface area contributed by atoms with Crippen molar-refractivity contribution in [2.75, 3.05) is 79.6 Å². The summed E-state index contributed by atoms with van der Waals surface area (Å²) >= 11 is 0. The van der Waals surface area contributed by atoms with Crippen LogP contribution in [0.25, 0.3) is 0 Å². The predicted molar refractivity (Wildman–Crippen MR) is 277 cm³/mol. The van der Waals surface area contributed by atoms with E-state index in [1.807, 2.05) is 47.6 Å². The fourth-order valence-electron chi connectivity index (χ4n) is 8.91. The summed E-state index contributed by atoms with van der Waals surface area (Å²) in [5.74, 6) is -6.61. The summed E-state index contributed by atoms with van der Waals surface area (Å²) in [5.41, 5.74) is 5.75. The largest absolute Gasteiger partial charge is 0.390 e. The molecule has 0 saturated carbocycles. The molecule has 0 aromatic carbocycles. The van der Waals surface area contributed by atoms with Gasteiger partial charge in [0.2, 0.25) is 41.4 Å². The number of aliphatic hydroxyl groups excluding tert-OH is 1. The van der Waals surface area contributed by atoms with Gasteiger partial charge in [-0.25, -0.2) is 8.42 Å². The number of morpholine rings is 1. The highest BCUT2D eigenvalue weighted by Gasteiger charge is 2.45. The van der Waals surface area contributed by atoms with Gasteiger partial charge in [0.05, 0.1) is 30.8 Å². The second-order valence-corrected chi connectivity index (χ2v) is 23.5. The molecule has 0 spiro atoms. The number of carbonyl (C=O) groups is 7. The minimum Gasteiger partial charge on any atom is -0.390 e. The molecule has 0 unspecified atom stereocenters. The van der Waals surface area contributed by atoms with Crippen LogP contribution in [0, 0.1) is 29.6 Å². The van der Waals surface area contributed by atoms with Crippen molar-refractivity contribution in [2.24, 2.45) is 35.3 Å². The van der Waals surface area contributed by atoms with Crippen molar-refractivity contribution < 1.29 is 51.8 Å². The Morgan fingerprint density at radius 3 is 1.73 bits per heavy atom. The summed E-state index contributed by atoms with van der Waals surface area (Å²) in [5, 5.41) is 14.7. The highest BCUT2D eigenvalue weighted by atomic mass is 32.2. The fraction of sp³-hybridized carbons (Fsp3) is 0.824. The zero-order valence-corrected chi connectivity index (χ0v) is 47.0. The van der Waals surface area contributed by atoms with Crippen molar-refractivity contribution in [1.82, 2.24) is 34.7 Å². The molecule has 1 aliphatic rings. The lowest BCUT2D eigenvalue weighted by Gasteiger charge is -2.41. The van der Waals surface area contributed by atoms with Crippen molar-refractivity contribution in [3.8, 4) is 0 Å². The van der Waals surface area contributed by atoms with E-state index in [0.717, 1.165) is 14.7 Å². The summed E-state index contributed by atoms with van der Waals surface area (Å²) < 4.78 is 33.1. The molecular weight excluding hydrogens is 933 g/mol. The maximum Gasteiger partial charge on any atom is 0.246 e. The lowest BCUT2D eigenvalue weighted by molar-refractivity contribution is -0.156. The second kappa shape index (κ2) is 30.8. The number of nitrogens with zero attached hydrogens (tertiary/aromatic N) is 6. The summed E-state index contributed by atoms with van der Waals surface area (Å²) in [6.07, 6.45) is 4.06. The van der Waals surface area contributed by atoms with Gasteiger partial charge in [0.25, 0.3) is 0 Å². The van der Waals surface area contributed by atoms with Crippen molar-refractivity contribution in [1.29, 1.82) is 0 Å². The Labute approximate surface area is 426 Å². The first-order chi connectivity index (χ1) is 32.9. The van der Waals surface area contributed by atoms with Crippen molar-refractivity contribution in [2.45, 2.75) is 163 Å². The van der Waals surface area contributed by atoms with E-state index in [-0.39, 0.29) is 55.1 Å². The van der Waals surface area contributed by atoms with Gasteiger partial charge in [-0.1, -0.05) is 81.4 Å². The Morgan fingerprint density at radius 2 is 1.24 bits per heavy atom. The first-order valence-corrected chi connectivity index (χ1v) is 27.5. The Bertz CT molecular complexity index is 1870. The van der Waals surface area contributed by atoms with Gasteiger partial charge < -0.3 is 45.4 Å². The normalized spacial score (nSPS) is 17.0. The van der Waals surface area contributed by atoms with Crippen LogP contribution >= 0.6 is 0 Å². The summed E-state index contributed by atoms with van der Waals surface area (Å²) in [4.78, 5) is 107. The van der Waals surface area contributed by atoms with Gasteiger partial charge in [0.15, 0.2) is 9.84 Å². The van der Waals surface area contributed by atoms with Crippen LogP contribution in [0.1, 0.15) is 121 Å². The highest BCUT2D eigenvalue weighted by molar-refractivity contribution is 7.91. The number of allylic oxidation sites excluding steroid dienone is 2. The van der Waals surface area contributed by atoms with Gasteiger partial charge in [0.1, 0.15) is 36.3 Å². The summed E-state index contributed by atoms with van der Waals surface area (Å²) in [7, 11) is 3.04. The first-order valence-electron chi connectivity index (χ1n) is 25.7. The molecule has 4 N–H and O–H groups in total. The van der Waals surface area contributed by atoms with E-state index in [1.54, 1.807) is 47.7 Å². The summed E-state index contributed by atoms with van der Waals surface area (Å²) in [6, 6.07) is -7.75. The van der Waals surface area contributed by atoms with E-state index in [1.165, 1.54) is 38.0 Å². The van der Waals surface area contributed by atoms with Gasteiger partial charge in [-0.15, -0.1) is 0 Å². The average Bonchev–Trinajstić information content (AvgIpc) is 3.30. The lowest BCUT2D eigenvalue weighted by Crippen LogP contribution is -2.63. The monoisotopic (exact) mass is 1030 g/mol. The number of amides is 7. The Hall–Kier alpha value is -4.14. The molecule has 71 heavy (non-hydrogen) atoms. The maximum absolute atomic E-state index is 14.9. The van der Waals surface area contributed by atoms with E-state index in [2.05, 4.69) is 10.2 Å². The number of carbonyl (C=O) groups excluding carboxylic acids is 7. The summed E-state index contributed by atoms with van der Waals surface area (Å²) in [6.45, 7) is 23.1. The number of hydrogen-bond acceptors (Lipinski definition) is 12. The number of rotatable bonds is 31. The van der Waals surface area contributed by atoms with Crippen LogP contribution in [0.3, 0.4) is 0 Å². The lowest BCUT2D eigenvalue weighted by atomic mass is 9.91. The topological polar surface area (TPSA) is 241 Å². The molecule has 20 heteroatoms. The molecule has 1 rings (SSSR count). The molecule has 0 aromatic heterocycles. The Balaban J connectivity index is 3.76. The van der Waals surface area contributed by atoms with E-state index >= 15 is 0 Å².